The molecule has 7 nitrogen and oxygen atoms in total. The van der Waals surface area contributed by atoms with Crippen molar-refractivity contribution in [3.8, 4) is 5.69 Å². The maximum Gasteiger partial charge on any atom is 0.368 e. The number of tetrazole rings is 1. The van der Waals surface area contributed by atoms with Crippen molar-refractivity contribution in [1.82, 2.24) is 29.6 Å². The lowest BCUT2D eigenvalue weighted by molar-refractivity contribution is 0.692. The molecular formula is C7H10N6O. The Morgan fingerprint density at radius 2 is 1.93 bits per heavy atom. The monoisotopic (exact) mass is 194 g/mol. The zero-order valence-corrected chi connectivity index (χ0v) is 8.17. The highest BCUT2D eigenvalue weighted by molar-refractivity contribution is 5.31. The molecule has 2 aromatic heterocycles. The lowest BCUT2D eigenvalue weighted by Gasteiger charge is -1.96. The van der Waals surface area contributed by atoms with Crippen LogP contribution in [0.4, 0.5) is 0 Å². The van der Waals surface area contributed by atoms with Crippen molar-refractivity contribution >= 4 is 0 Å². The standard InChI is InChI=1S/C7H10N6O/c1-5-6(4-8-11(5)2)13-7(14)12(3)9-10-13/h4H,1-3H3. The first-order valence-corrected chi connectivity index (χ1v) is 4.09. The number of hydrogen-bond acceptors (Lipinski definition) is 4. The Labute approximate surface area is 79.5 Å². The van der Waals surface area contributed by atoms with Gasteiger partial charge in [-0.05, 0) is 17.4 Å². The Morgan fingerprint density at radius 3 is 2.36 bits per heavy atom. The number of rotatable bonds is 1. The molecule has 0 unspecified atom stereocenters. The van der Waals surface area contributed by atoms with E-state index in [-0.39, 0.29) is 5.69 Å². The lowest BCUT2D eigenvalue weighted by Crippen LogP contribution is -2.22. The highest BCUT2D eigenvalue weighted by Gasteiger charge is 2.11. The SMILES string of the molecule is Cc1c(-n2nnn(C)c2=O)cnn1C. The van der Waals surface area contributed by atoms with Crippen molar-refractivity contribution in [2.75, 3.05) is 0 Å². The van der Waals surface area contributed by atoms with Gasteiger partial charge in [0, 0.05) is 14.1 Å². The van der Waals surface area contributed by atoms with E-state index in [9.17, 15) is 4.79 Å². The first kappa shape index (κ1) is 8.67. The van der Waals surface area contributed by atoms with E-state index in [4.69, 9.17) is 0 Å². The zero-order valence-electron chi connectivity index (χ0n) is 8.17. The molecule has 0 aliphatic carbocycles. The summed E-state index contributed by atoms with van der Waals surface area (Å²) in [6.07, 6.45) is 1.59. The Hall–Kier alpha value is -1.92. The van der Waals surface area contributed by atoms with Gasteiger partial charge >= 0.3 is 5.69 Å². The van der Waals surface area contributed by atoms with E-state index in [1.165, 1.54) is 9.36 Å². The molecule has 74 valence electrons. The fourth-order valence-corrected chi connectivity index (χ4v) is 1.16. The Bertz CT molecular complexity index is 519. The molecule has 2 rings (SSSR count). The third kappa shape index (κ3) is 1.05. The Morgan fingerprint density at radius 1 is 1.21 bits per heavy atom. The van der Waals surface area contributed by atoms with Crippen LogP contribution in [0.3, 0.4) is 0 Å². The summed E-state index contributed by atoms with van der Waals surface area (Å²) in [5.41, 5.74) is 1.25. The van der Waals surface area contributed by atoms with Gasteiger partial charge in [-0.25, -0.2) is 4.79 Å². The van der Waals surface area contributed by atoms with Gasteiger partial charge in [0.2, 0.25) is 0 Å². The number of aromatic nitrogens is 6. The van der Waals surface area contributed by atoms with E-state index in [0.29, 0.717) is 5.69 Å². The molecular weight excluding hydrogens is 184 g/mol. The molecule has 0 N–H and O–H groups in total. The third-order valence-corrected chi connectivity index (χ3v) is 2.16. The molecule has 2 heterocycles. The lowest BCUT2D eigenvalue weighted by atomic mass is 10.4. The van der Waals surface area contributed by atoms with Crippen LogP contribution in [0.1, 0.15) is 5.69 Å². The van der Waals surface area contributed by atoms with E-state index in [1.807, 2.05) is 6.92 Å². The molecule has 0 bridgehead atoms. The first-order chi connectivity index (χ1) is 6.61. The van der Waals surface area contributed by atoms with Crippen LogP contribution in [0, 0.1) is 6.92 Å². The summed E-state index contributed by atoms with van der Waals surface area (Å²) in [7, 11) is 3.36. The number of aryl methyl sites for hydroxylation is 2. The molecule has 0 saturated heterocycles. The molecule has 7 heteroatoms. The Balaban J connectivity index is 2.66. The van der Waals surface area contributed by atoms with Crippen LogP contribution in [0.25, 0.3) is 5.69 Å². The smallest absolute Gasteiger partial charge is 0.271 e. The summed E-state index contributed by atoms with van der Waals surface area (Å²) in [5.74, 6) is 0. The van der Waals surface area contributed by atoms with Gasteiger partial charge in [0.05, 0.1) is 11.9 Å². The number of nitrogens with zero attached hydrogens (tertiary/aromatic N) is 6. The van der Waals surface area contributed by atoms with Crippen molar-refractivity contribution in [3.05, 3.63) is 22.4 Å². The van der Waals surface area contributed by atoms with Crippen molar-refractivity contribution in [3.63, 3.8) is 0 Å². The fourth-order valence-electron chi connectivity index (χ4n) is 1.16. The van der Waals surface area contributed by atoms with Gasteiger partial charge in [0.1, 0.15) is 5.69 Å². The van der Waals surface area contributed by atoms with Gasteiger partial charge in [-0.15, -0.1) is 0 Å². The minimum absolute atomic E-state index is 0.277. The van der Waals surface area contributed by atoms with Crippen LogP contribution in [-0.2, 0) is 14.1 Å². The summed E-state index contributed by atoms with van der Waals surface area (Å²) in [5, 5.41) is 11.4. The predicted octanol–water partition coefficient (Wildman–Crippen LogP) is -0.992. The second kappa shape index (κ2) is 2.79. The van der Waals surface area contributed by atoms with E-state index in [2.05, 4.69) is 15.5 Å². The maximum atomic E-state index is 11.5. The first-order valence-electron chi connectivity index (χ1n) is 4.09. The van der Waals surface area contributed by atoms with Gasteiger partial charge in [-0.3, -0.25) is 4.68 Å². The quantitative estimate of drug-likeness (QED) is 0.584. The van der Waals surface area contributed by atoms with Crippen molar-refractivity contribution < 1.29 is 0 Å². The van der Waals surface area contributed by atoms with E-state index in [1.54, 1.807) is 25.0 Å². The maximum absolute atomic E-state index is 11.5. The van der Waals surface area contributed by atoms with Crippen LogP contribution in [0.2, 0.25) is 0 Å². The number of hydrogen-bond donors (Lipinski definition) is 0. The highest BCUT2D eigenvalue weighted by Crippen LogP contribution is 2.07. The van der Waals surface area contributed by atoms with Gasteiger partial charge in [-0.2, -0.15) is 14.5 Å². The van der Waals surface area contributed by atoms with Gasteiger partial charge in [0.25, 0.3) is 0 Å². The van der Waals surface area contributed by atoms with Crippen LogP contribution >= 0.6 is 0 Å². The van der Waals surface area contributed by atoms with Crippen LogP contribution in [0.15, 0.2) is 11.0 Å². The minimum atomic E-state index is -0.277. The Kier molecular flexibility index (Phi) is 1.73. The van der Waals surface area contributed by atoms with E-state index >= 15 is 0 Å². The highest BCUT2D eigenvalue weighted by atomic mass is 16.2. The molecule has 0 fully saturated rings. The van der Waals surface area contributed by atoms with Crippen molar-refractivity contribution in [1.29, 1.82) is 0 Å². The van der Waals surface area contributed by atoms with Crippen molar-refractivity contribution in [2.24, 2.45) is 14.1 Å². The summed E-state index contributed by atoms with van der Waals surface area (Å²) < 4.78 is 4.07. The molecule has 0 aliphatic rings. The largest absolute Gasteiger partial charge is 0.368 e. The second-order valence-corrected chi connectivity index (χ2v) is 3.04. The molecule has 0 aliphatic heterocycles. The average Bonchev–Trinajstić information content (AvgIpc) is 2.63. The molecule has 0 spiro atoms. The van der Waals surface area contributed by atoms with Crippen LogP contribution in [-0.4, -0.2) is 29.6 Å². The second-order valence-electron chi connectivity index (χ2n) is 3.04. The minimum Gasteiger partial charge on any atom is -0.271 e. The zero-order chi connectivity index (χ0) is 10.3. The van der Waals surface area contributed by atoms with Gasteiger partial charge in [0.15, 0.2) is 0 Å². The normalized spacial score (nSPS) is 10.8. The topological polar surface area (TPSA) is 70.5 Å². The molecule has 0 aromatic carbocycles. The molecule has 0 amide bonds. The summed E-state index contributed by atoms with van der Waals surface area (Å²) >= 11 is 0. The molecule has 0 radical (unpaired) electrons. The molecule has 2 aromatic rings. The van der Waals surface area contributed by atoms with Crippen LogP contribution < -0.4 is 5.69 Å². The van der Waals surface area contributed by atoms with Crippen LogP contribution in [0.5, 0.6) is 0 Å². The van der Waals surface area contributed by atoms with E-state index < -0.39 is 0 Å². The molecule has 0 saturated carbocycles. The third-order valence-electron chi connectivity index (χ3n) is 2.16. The predicted molar refractivity (Wildman–Crippen MR) is 48.1 cm³/mol. The summed E-state index contributed by atoms with van der Waals surface area (Å²) in [4.78, 5) is 11.5. The van der Waals surface area contributed by atoms with Gasteiger partial charge in [-0.1, -0.05) is 0 Å². The average molecular weight is 194 g/mol. The van der Waals surface area contributed by atoms with Gasteiger partial charge < -0.3 is 0 Å². The molecule has 0 atom stereocenters. The van der Waals surface area contributed by atoms with E-state index in [0.717, 1.165) is 5.69 Å². The van der Waals surface area contributed by atoms with Crippen molar-refractivity contribution in [2.45, 2.75) is 6.92 Å². The molecule has 14 heavy (non-hydrogen) atoms. The summed E-state index contributed by atoms with van der Waals surface area (Å²) in [6, 6.07) is 0. The summed E-state index contributed by atoms with van der Waals surface area (Å²) in [6.45, 7) is 1.86. The fraction of sp³-hybridized carbons (Fsp3) is 0.429.